The average Bonchev–Trinajstić information content (AvgIpc) is 2.93. The van der Waals surface area contributed by atoms with Gasteiger partial charge in [0.2, 0.25) is 0 Å². The van der Waals surface area contributed by atoms with Gasteiger partial charge >= 0.3 is 0 Å². The van der Waals surface area contributed by atoms with Gasteiger partial charge in [0.1, 0.15) is 0 Å². The fourth-order valence-corrected chi connectivity index (χ4v) is 2.55. The fourth-order valence-electron chi connectivity index (χ4n) is 2.55. The SMILES string of the molecule is C[C@@H](F)CCCCCCCCCCCCn1ccnc1. The molecule has 0 bridgehead atoms. The summed E-state index contributed by atoms with van der Waals surface area (Å²) < 4.78 is 14.7. The maximum absolute atomic E-state index is 12.6. The molecule has 0 aromatic carbocycles. The van der Waals surface area contributed by atoms with E-state index in [9.17, 15) is 4.39 Å². The molecule has 0 unspecified atom stereocenters. The van der Waals surface area contributed by atoms with E-state index in [-0.39, 0.29) is 0 Å². The van der Waals surface area contributed by atoms with Crippen LogP contribution in [0.15, 0.2) is 18.7 Å². The van der Waals surface area contributed by atoms with Crippen molar-refractivity contribution < 1.29 is 4.39 Å². The minimum Gasteiger partial charge on any atom is -0.337 e. The Hall–Kier alpha value is -0.860. The van der Waals surface area contributed by atoms with Gasteiger partial charge in [-0.1, -0.05) is 57.8 Å². The van der Waals surface area contributed by atoms with Gasteiger partial charge in [-0.05, 0) is 19.8 Å². The molecule has 0 amide bonds. The van der Waals surface area contributed by atoms with Gasteiger partial charge in [-0.3, -0.25) is 0 Å². The Morgan fingerprint density at radius 1 is 0.900 bits per heavy atom. The largest absolute Gasteiger partial charge is 0.337 e. The number of halogens is 1. The summed E-state index contributed by atoms with van der Waals surface area (Å²) in [5.74, 6) is 0. The molecule has 0 fully saturated rings. The molecule has 0 spiro atoms. The lowest BCUT2D eigenvalue weighted by molar-refractivity contribution is 0.329. The minimum atomic E-state index is -0.614. The van der Waals surface area contributed by atoms with Crippen molar-refractivity contribution >= 4 is 0 Å². The zero-order valence-corrected chi connectivity index (χ0v) is 13.1. The van der Waals surface area contributed by atoms with E-state index in [1.165, 1.54) is 57.8 Å². The van der Waals surface area contributed by atoms with Crippen LogP contribution < -0.4 is 0 Å². The topological polar surface area (TPSA) is 17.8 Å². The second-order valence-corrected chi connectivity index (χ2v) is 5.91. The van der Waals surface area contributed by atoms with Crippen LogP contribution in [0.25, 0.3) is 0 Å². The second-order valence-electron chi connectivity index (χ2n) is 5.91. The molecule has 1 rings (SSSR count). The summed E-state index contributed by atoms with van der Waals surface area (Å²) in [4.78, 5) is 4.04. The van der Waals surface area contributed by atoms with E-state index in [4.69, 9.17) is 0 Å². The van der Waals surface area contributed by atoms with Gasteiger partial charge in [-0.25, -0.2) is 9.37 Å². The quantitative estimate of drug-likeness (QED) is 0.435. The second kappa shape index (κ2) is 11.9. The third kappa shape index (κ3) is 9.99. The Kier molecular flexibility index (Phi) is 10.3. The van der Waals surface area contributed by atoms with Crippen molar-refractivity contribution in [1.82, 2.24) is 9.55 Å². The van der Waals surface area contributed by atoms with Crippen LogP contribution in [0.2, 0.25) is 0 Å². The van der Waals surface area contributed by atoms with Crippen molar-refractivity contribution in [3.05, 3.63) is 18.7 Å². The summed E-state index contributed by atoms with van der Waals surface area (Å²) in [5, 5.41) is 0. The number of aromatic nitrogens is 2. The molecule has 0 radical (unpaired) electrons. The summed E-state index contributed by atoms with van der Waals surface area (Å²) in [6.45, 7) is 2.76. The number of imidazole rings is 1. The van der Waals surface area contributed by atoms with Crippen molar-refractivity contribution in [1.29, 1.82) is 0 Å². The molecular formula is C17H31FN2. The smallest absolute Gasteiger partial charge is 0.0973 e. The predicted octanol–water partition coefficient (Wildman–Crippen LogP) is 5.53. The molecule has 1 heterocycles. The lowest BCUT2D eigenvalue weighted by Gasteiger charge is -2.04. The normalized spacial score (nSPS) is 12.7. The van der Waals surface area contributed by atoms with Crippen molar-refractivity contribution in [2.45, 2.75) is 90.3 Å². The molecule has 1 atom stereocenters. The van der Waals surface area contributed by atoms with Gasteiger partial charge in [-0.15, -0.1) is 0 Å². The minimum absolute atomic E-state index is 0.614. The number of rotatable bonds is 13. The highest BCUT2D eigenvalue weighted by molar-refractivity contribution is 4.73. The molecule has 0 aliphatic rings. The van der Waals surface area contributed by atoms with Gasteiger partial charge in [0.15, 0.2) is 0 Å². The van der Waals surface area contributed by atoms with Gasteiger partial charge in [0.25, 0.3) is 0 Å². The van der Waals surface area contributed by atoms with Crippen LogP contribution in [0.5, 0.6) is 0 Å². The van der Waals surface area contributed by atoms with Crippen LogP contribution in [-0.2, 0) is 6.54 Å². The zero-order chi connectivity index (χ0) is 14.5. The fraction of sp³-hybridized carbons (Fsp3) is 0.824. The molecular weight excluding hydrogens is 251 g/mol. The maximum atomic E-state index is 12.6. The molecule has 0 saturated heterocycles. The standard InChI is InChI=1S/C17H31FN2/c1-17(18)12-10-8-6-4-2-3-5-7-9-11-14-20-15-13-19-16-20/h13,15-17H,2-12,14H2,1H3/t17-/m1/s1. The first-order valence-corrected chi connectivity index (χ1v) is 8.39. The third-order valence-corrected chi connectivity index (χ3v) is 3.83. The summed E-state index contributed by atoms with van der Waals surface area (Å²) in [6.07, 6.45) is 18.8. The number of hydrogen-bond acceptors (Lipinski definition) is 1. The highest BCUT2D eigenvalue weighted by Crippen LogP contribution is 2.12. The Morgan fingerprint density at radius 2 is 1.45 bits per heavy atom. The molecule has 0 saturated carbocycles. The first-order valence-electron chi connectivity index (χ1n) is 8.39. The van der Waals surface area contributed by atoms with Crippen LogP contribution in [0.3, 0.4) is 0 Å². The van der Waals surface area contributed by atoms with Crippen LogP contribution in [0, 0.1) is 0 Å². The Bertz CT molecular complexity index is 296. The zero-order valence-electron chi connectivity index (χ0n) is 13.1. The Morgan fingerprint density at radius 3 is 1.95 bits per heavy atom. The Balaban J connectivity index is 1.72. The molecule has 0 aliphatic carbocycles. The van der Waals surface area contributed by atoms with Crippen molar-refractivity contribution in [3.63, 3.8) is 0 Å². The first-order chi connectivity index (χ1) is 9.79. The molecule has 1 aromatic heterocycles. The number of aryl methyl sites for hydroxylation is 1. The van der Waals surface area contributed by atoms with Crippen LogP contribution in [0.1, 0.15) is 77.6 Å². The van der Waals surface area contributed by atoms with Crippen LogP contribution >= 0.6 is 0 Å². The average molecular weight is 282 g/mol. The number of unbranched alkanes of at least 4 members (excludes halogenated alkanes) is 9. The first kappa shape index (κ1) is 17.2. The molecule has 1 aromatic rings. The van der Waals surface area contributed by atoms with Crippen molar-refractivity contribution in [2.75, 3.05) is 0 Å². The van der Waals surface area contributed by atoms with E-state index < -0.39 is 6.17 Å². The van der Waals surface area contributed by atoms with E-state index in [1.54, 1.807) is 6.92 Å². The molecule has 3 heteroatoms. The molecule has 20 heavy (non-hydrogen) atoms. The summed E-state index contributed by atoms with van der Waals surface area (Å²) >= 11 is 0. The predicted molar refractivity (Wildman–Crippen MR) is 83.6 cm³/mol. The molecule has 0 N–H and O–H groups in total. The summed E-state index contributed by atoms with van der Waals surface area (Å²) in [7, 11) is 0. The van der Waals surface area contributed by atoms with E-state index in [1.807, 2.05) is 18.7 Å². The highest BCUT2D eigenvalue weighted by Gasteiger charge is 1.97. The van der Waals surface area contributed by atoms with Crippen molar-refractivity contribution in [3.8, 4) is 0 Å². The molecule has 0 aliphatic heterocycles. The van der Waals surface area contributed by atoms with Crippen LogP contribution in [-0.4, -0.2) is 15.7 Å². The van der Waals surface area contributed by atoms with Gasteiger partial charge in [0, 0.05) is 18.9 Å². The van der Waals surface area contributed by atoms with Crippen LogP contribution in [0.4, 0.5) is 4.39 Å². The van der Waals surface area contributed by atoms with Gasteiger partial charge in [0.05, 0.1) is 12.5 Å². The number of nitrogens with zero attached hydrogens (tertiary/aromatic N) is 2. The lowest BCUT2D eigenvalue weighted by Crippen LogP contribution is -1.94. The third-order valence-electron chi connectivity index (χ3n) is 3.83. The van der Waals surface area contributed by atoms with E-state index >= 15 is 0 Å². The van der Waals surface area contributed by atoms with Gasteiger partial charge in [-0.2, -0.15) is 0 Å². The Labute approximate surface area is 123 Å². The summed E-state index contributed by atoms with van der Waals surface area (Å²) in [6, 6.07) is 0. The maximum Gasteiger partial charge on any atom is 0.0973 e. The number of alkyl halides is 1. The molecule has 116 valence electrons. The highest BCUT2D eigenvalue weighted by atomic mass is 19.1. The summed E-state index contributed by atoms with van der Waals surface area (Å²) in [5.41, 5.74) is 0. The molecule has 2 nitrogen and oxygen atoms in total. The van der Waals surface area contributed by atoms with E-state index in [2.05, 4.69) is 9.55 Å². The lowest BCUT2D eigenvalue weighted by atomic mass is 10.1. The van der Waals surface area contributed by atoms with E-state index in [0.717, 1.165) is 19.4 Å². The monoisotopic (exact) mass is 282 g/mol. The van der Waals surface area contributed by atoms with Crippen molar-refractivity contribution in [2.24, 2.45) is 0 Å². The number of hydrogen-bond donors (Lipinski definition) is 0. The van der Waals surface area contributed by atoms with E-state index in [0.29, 0.717) is 0 Å². The van der Waals surface area contributed by atoms with Gasteiger partial charge < -0.3 is 4.57 Å².